The largest absolute Gasteiger partial charge is 0.481 e. The Labute approximate surface area is 111 Å². The average molecular weight is 321 g/mol. The molecular weight excluding hydrogens is 308 g/mol. The van der Waals surface area contributed by atoms with Gasteiger partial charge in [-0.2, -0.15) is 0 Å². The zero-order valence-corrected chi connectivity index (χ0v) is 11.4. The van der Waals surface area contributed by atoms with E-state index in [1.54, 1.807) is 0 Å². The number of carboxylic acids is 1. The van der Waals surface area contributed by atoms with E-state index in [0.717, 1.165) is 9.35 Å². The molecule has 0 radical (unpaired) electrons. The highest BCUT2D eigenvalue weighted by Gasteiger charge is 2.14. The van der Waals surface area contributed by atoms with E-state index >= 15 is 0 Å². The van der Waals surface area contributed by atoms with Gasteiger partial charge in [-0.05, 0) is 28.4 Å². The van der Waals surface area contributed by atoms with Crippen molar-refractivity contribution in [1.29, 1.82) is 0 Å². The fourth-order valence-corrected chi connectivity index (χ4v) is 2.55. The Morgan fingerprint density at radius 3 is 2.82 bits per heavy atom. The van der Waals surface area contributed by atoms with Crippen molar-refractivity contribution >= 4 is 39.1 Å². The van der Waals surface area contributed by atoms with Gasteiger partial charge in [-0.3, -0.25) is 9.59 Å². The van der Waals surface area contributed by atoms with Gasteiger partial charge in [0.15, 0.2) is 0 Å². The van der Waals surface area contributed by atoms with Crippen LogP contribution in [0.5, 0.6) is 0 Å². The molecular formula is C10H13BrN2O3S. The van der Waals surface area contributed by atoms with Gasteiger partial charge in [-0.15, -0.1) is 11.3 Å². The van der Waals surface area contributed by atoms with Gasteiger partial charge in [0.05, 0.1) is 12.6 Å². The lowest BCUT2D eigenvalue weighted by Crippen LogP contribution is -2.40. The van der Waals surface area contributed by atoms with Crippen LogP contribution in [-0.4, -0.2) is 23.0 Å². The van der Waals surface area contributed by atoms with Crippen LogP contribution in [0, 0.1) is 0 Å². The quantitative estimate of drug-likeness (QED) is 0.737. The lowest BCUT2D eigenvalue weighted by Gasteiger charge is -2.10. The van der Waals surface area contributed by atoms with Crippen LogP contribution in [0.2, 0.25) is 0 Å². The van der Waals surface area contributed by atoms with Crippen LogP contribution in [0.1, 0.15) is 17.7 Å². The molecule has 7 heteroatoms. The number of hydrogen-bond donors (Lipinski definition) is 3. The monoisotopic (exact) mass is 320 g/mol. The molecule has 17 heavy (non-hydrogen) atoms. The minimum absolute atomic E-state index is 0.0981. The molecule has 5 nitrogen and oxygen atoms in total. The first-order chi connectivity index (χ1) is 7.99. The molecule has 0 aromatic carbocycles. The Balaban J connectivity index is 2.31. The van der Waals surface area contributed by atoms with E-state index in [2.05, 4.69) is 21.2 Å². The number of rotatable bonds is 6. The first-order valence-corrected chi connectivity index (χ1v) is 6.64. The molecule has 0 aliphatic heterocycles. The van der Waals surface area contributed by atoms with Crippen molar-refractivity contribution in [3.8, 4) is 0 Å². The SMILES string of the molecule is NC(CCC(=O)O)C(=O)NCc1cc(Br)cs1. The standard InChI is InChI=1S/C10H13BrN2O3S/c11-6-3-7(17-5-6)4-13-10(16)8(12)1-2-9(14)15/h3,5,8H,1-2,4,12H2,(H,13,16)(H,14,15). The zero-order valence-electron chi connectivity index (χ0n) is 8.98. The fourth-order valence-electron chi connectivity index (χ4n) is 1.16. The van der Waals surface area contributed by atoms with Crippen molar-refractivity contribution in [2.45, 2.75) is 25.4 Å². The summed E-state index contributed by atoms with van der Waals surface area (Å²) in [6, 6.07) is 1.14. The van der Waals surface area contributed by atoms with E-state index < -0.39 is 12.0 Å². The van der Waals surface area contributed by atoms with E-state index in [4.69, 9.17) is 10.8 Å². The van der Waals surface area contributed by atoms with Crippen LogP contribution in [0.4, 0.5) is 0 Å². The van der Waals surface area contributed by atoms with E-state index in [1.807, 2.05) is 11.4 Å². The van der Waals surface area contributed by atoms with Gasteiger partial charge in [0.2, 0.25) is 5.91 Å². The molecule has 0 aliphatic carbocycles. The van der Waals surface area contributed by atoms with Crippen molar-refractivity contribution in [2.24, 2.45) is 5.73 Å². The molecule has 0 aliphatic rings. The maximum absolute atomic E-state index is 11.5. The molecule has 1 atom stereocenters. The van der Waals surface area contributed by atoms with Crippen LogP contribution < -0.4 is 11.1 Å². The summed E-state index contributed by atoms with van der Waals surface area (Å²) in [6.45, 7) is 0.413. The summed E-state index contributed by atoms with van der Waals surface area (Å²) in [7, 11) is 0. The molecule has 0 fully saturated rings. The van der Waals surface area contributed by atoms with Crippen LogP contribution in [0.3, 0.4) is 0 Å². The van der Waals surface area contributed by atoms with Crippen molar-refractivity contribution in [3.63, 3.8) is 0 Å². The summed E-state index contributed by atoms with van der Waals surface area (Å²) >= 11 is 4.84. The second kappa shape index (κ2) is 6.73. The van der Waals surface area contributed by atoms with E-state index in [9.17, 15) is 9.59 Å². The second-order valence-corrected chi connectivity index (χ2v) is 5.40. The summed E-state index contributed by atoms with van der Waals surface area (Å²) < 4.78 is 0.974. The van der Waals surface area contributed by atoms with Gasteiger partial charge in [0.1, 0.15) is 0 Å². The molecule has 4 N–H and O–H groups in total. The highest BCUT2D eigenvalue weighted by molar-refractivity contribution is 9.10. The minimum atomic E-state index is -0.949. The number of thiophene rings is 1. The van der Waals surface area contributed by atoms with Gasteiger partial charge >= 0.3 is 5.97 Å². The lowest BCUT2D eigenvalue weighted by atomic mass is 10.1. The van der Waals surface area contributed by atoms with E-state index in [-0.39, 0.29) is 18.7 Å². The number of carbonyl (C=O) groups excluding carboxylic acids is 1. The molecule has 0 bridgehead atoms. The number of hydrogen-bond acceptors (Lipinski definition) is 4. The number of aliphatic carboxylic acids is 1. The van der Waals surface area contributed by atoms with Crippen molar-refractivity contribution in [1.82, 2.24) is 5.32 Å². The number of carbonyl (C=O) groups is 2. The van der Waals surface area contributed by atoms with E-state index in [0.29, 0.717) is 6.54 Å². The van der Waals surface area contributed by atoms with Crippen molar-refractivity contribution in [2.75, 3.05) is 0 Å². The third kappa shape index (κ3) is 5.29. The van der Waals surface area contributed by atoms with Crippen LogP contribution in [-0.2, 0) is 16.1 Å². The summed E-state index contributed by atoms with van der Waals surface area (Å²) in [6.07, 6.45) is 0.0500. The molecule has 1 unspecified atom stereocenters. The number of nitrogens with two attached hydrogens (primary N) is 1. The Hall–Kier alpha value is -0.920. The average Bonchev–Trinajstić information content (AvgIpc) is 2.68. The topological polar surface area (TPSA) is 92.4 Å². The van der Waals surface area contributed by atoms with Crippen molar-refractivity contribution < 1.29 is 14.7 Å². The van der Waals surface area contributed by atoms with Gasteiger partial charge in [-0.25, -0.2) is 0 Å². The molecule has 0 saturated carbocycles. The summed E-state index contributed by atoms with van der Waals surface area (Å²) in [5, 5.41) is 13.1. The summed E-state index contributed by atoms with van der Waals surface area (Å²) in [5.74, 6) is -1.27. The normalized spacial score (nSPS) is 12.1. The molecule has 1 amide bonds. The predicted octanol–water partition coefficient (Wildman–Crippen LogP) is 1.32. The molecule has 1 aromatic heterocycles. The first kappa shape index (κ1) is 14.1. The predicted molar refractivity (Wildman–Crippen MR) is 68.7 cm³/mol. The molecule has 0 spiro atoms. The number of carboxylic acid groups (broad SMARTS) is 1. The third-order valence-electron chi connectivity index (χ3n) is 2.06. The Kier molecular flexibility index (Phi) is 5.60. The zero-order chi connectivity index (χ0) is 12.8. The Bertz CT molecular complexity index is 408. The maximum Gasteiger partial charge on any atom is 0.303 e. The van der Waals surface area contributed by atoms with Gasteiger partial charge in [-0.1, -0.05) is 0 Å². The fraction of sp³-hybridized carbons (Fsp3) is 0.400. The third-order valence-corrected chi connectivity index (χ3v) is 3.76. The number of amides is 1. The van der Waals surface area contributed by atoms with Crippen LogP contribution in [0.15, 0.2) is 15.9 Å². The smallest absolute Gasteiger partial charge is 0.303 e. The van der Waals surface area contributed by atoms with Gasteiger partial charge < -0.3 is 16.2 Å². The Morgan fingerprint density at radius 1 is 1.59 bits per heavy atom. The second-order valence-electron chi connectivity index (χ2n) is 3.49. The highest BCUT2D eigenvalue weighted by Crippen LogP contribution is 2.19. The minimum Gasteiger partial charge on any atom is -0.481 e. The summed E-state index contributed by atoms with van der Waals surface area (Å²) in [4.78, 5) is 22.8. The molecule has 1 rings (SSSR count). The molecule has 0 saturated heterocycles. The molecule has 1 aromatic rings. The van der Waals surface area contributed by atoms with Crippen LogP contribution >= 0.6 is 27.3 Å². The summed E-state index contributed by atoms with van der Waals surface area (Å²) in [5.41, 5.74) is 5.55. The highest BCUT2D eigenvalue weighted by atomic mass is 79.9. The van der Waals surface area contributed by atoms with Gasteiger partial charge in [0.25, 0.3) is 0 Å². The maximum atomic E-state index is 11.5. The number of halogens is 1. The Morgan fingerprint density at radius 2 is 2.29 bits per heavy atom. The first-order valence-electron chi connectivity index (χ1n) is 4.97. The lowest BCUT2D eigenvalue weighted by molar-refractivity contribution is -0.137. The molecule has 94 valence electrons. The van der Waals surface area contributed by atoms with Crippen LogP contribution in [0.25, 0.3) is 0 Å². The van der Waals surface area contributed by atoms with Gasteiger partial charge in [0, 0.05) is 21.2 Å². The van der Waals surface area contributed by atoms with Crippen molar-refractivity contribution in [3.05, 3.63) is 20.8 Å². The van der Waals surface area contributed by atoms with E-state index in [1.165, 1.54) is 11.3 Å². The molecule has 1 heterocycles. The number of nitrogens with one attached hydrogen (secondary N) is 1.